The van der Waals surface area contributed by atoms with E-state index in [1.54, 1.807) is 12.1 Å². The Morgan fingerprint density at radius 2 is 1.66 bits per heavy atom. The third kappa shape index (κ3) is 4.89. The van der Waals surface area contributed by atoms with E-state index in [-0.39, 0.29) is 17.9 Å². The highest BCUT2D eigenvalue weighted by Gasteiger charge is 2.31. The van der Waals surface area contributed by atoms with Gasteiger partial charge >= 0.3 is 6.03 Å². The smallest absolute Gasteiger partial charge is 0.320 e. The van der Waals surface area contributed by atoms with Crippen LogP contribution in [0.5, 0.6) is 0 Å². The molecule has 2 fully saturated rings. The number of hydrogen-bond donors (Lipinski definition) is 0. The summed E-state index contributed by atoms with van der Waals surface area (Å²) in [6.45, 7) is 9.45. The molecule has 5 rings (SSSR count). The number of carbonyl (C=O) groups is 1. The molecule has 0 unspecified atom stereocenters. The molecule has 3 heterocycles. The Hall–Kier alpha value is -2.28. The van der Waals surface area contributed by atoms with Gasteiger partial charge in [0.05, 0.1) is 15.6 Å². The van der Waals surface area contributed by atoms with Gasteiger partial charge in [-0.25, -0.2) is 9.18 Å². The minimum Gasteiger partial charge on any atom is -0.322 e. The van der Waals surface area contributed by atoms with E-state index in [9.17, 15) is 9.18 Å². The van der Waals surface area contributed by atoms with Crippen LogP contribution in [0.25, 0.3) is 16.6 Å². The van der Waals surface area contributed by atoms with Crippen LogP contribution in [0.2, 0.25) is 10.0 Å². The van der Waals surface area contributed by atoms with E-state index in [4.69, 9.17) is 23.2 Å². The summed E-state index contributed by atoms with van der Waals surface area (Å²) in [5.41, 5.74) is 3.12. The monoisotopic (exact) mass is 516 g/mol. The topological polar surface area (TPSA) is 31.7 Å². The molecule has 3 aromatic rings. The SMILES string of the molecule is CC(C)N1CCN(CCN2CCC(c3cn(-c4ccc(F)cc4)c4cc(Cl)c(Cl)cc34)CC2)C1=O. The zero-order chi connectivity index (χ0) is 24.7. The van der Waals surface area contributed by atoms with Crippen molar-refractivity contribution >= 4 is 40.1 Å². The van der Waals surface area contributed by atoms with Crippen molar-refractivity contribution in [3.63, 3.8) is 0 Å². The van der Waals surface area contributed by atoms with E-state index in [0.717, 1.165) is 68.7 Å². The molecule has 2 aliphatic rings. The fourth-order valence-corrected chi connectivity index (χ4v) is 5.72. The average molecular weight is 517 g/mol. The maximum Gasteiger partial charge on any atom is 0.320 e. The highest BCUT2D eigenvalue weighted by atomic mass is 35.5. The number of piperidine rings is 1. The zero-order valence-corrected chi connectivity index (χ0v) is 21.7. The van der Waals surface area contributed by atoms with Crippen LogP contribution in [0, 0.1) is 5.82 Å². The summed E-state index contributed by atoms with van der Waals surface area (Å²) in [6.07, 6.45) is 4.23. The van der Waals surface area contributed by atoms with Crippen molar-refractivity contribution in [1.82, 2.24) is 19.3 Å². The zero-order valence-electron chi connectivity index (χ0n) is 20.2. The molecular weight excluding hydrogens is 486 g/mol. The first-order chi connectivity index (χ1) is 16.8. The molecule has 2 aromatic carbocycles. The standard InChI is InChI=1S/C27H31Cl2FN4O/c1-18(2)33-14-13-32(27(33)35)12-11-31-9-7-19(8-10-31)23-17-34(21-5-3-20(30)4-6-21)26-16-25(29)24(28)15-22(23)26/h3-6,15-19H,7-14H2,1-2H3. The summed E-state index contributed by atoms with van der Waals surface area (Å²) in [6, 6.07) is 10.8. The van der Waals surface area contributed by atoms with Gasteiger partial charge in [-0.1, -0.05) is 23.2 Å². The number of fused-ring (bicyclic) bond motifs is 1. The fraction of sp³-hybridized carbons (Fsp3) is 0.444. The summed E-state index contributed by atoms with van der Waals surface area (Å²) in [4.78, 5) is 18.9. The van der Waals surface area contributed by atoms with Gasteiger partial charge in [-0.05, 0) is 87.7 Å². The molecule has 0 spiro atoms. The van der Waals surface area contributed by atoms with Crippen LogP contribution in [0.4, 0.5) is 9.18 Å². The normalized spacial score (nSPS) is 17.9. The molecule has 8 heteroatoms. The van der Waals surface area contributed by atoms with Crippen molar-refractivity contribution in [2.75, 3.05) is 39.3 Å². The summed E-state index contributed by atoms with van der Waals surface area (Å²) in [5.74, 6) is 0.143. The molecule has 35 heavy (non-hydrogen) atoms. The van der Waals surface area contributed by atoms with E-state index in [0.29, 0.717) is 16.0 Å². The van der Waals surface area contributed by atoms with Gasteiger partial charge in [0.15, 0.2) is 0 Å². The Labute approximate surface area is 216 Å². The lowest BCUT2D eigenvalue weighted by Crippen LogP contribution is -2.41. The number of rotatable bonds is 6. The number of likely N-dealkylation sites (tertiary alicyclic amines) is 1. The molecule has 0 atom stereocenters. The number of hydrogen-bond acceptors (Lipinski definition) is 2. The lowest BCUT2D eigenvalue weighted by molar-refractivity contribution is 0.166. The Morgan fingerprint density at radius 1 is 0.971 bits per heavy atom. The maximum absolute atomic E-state index is 13.5. The molecule has 2 amide bonds. The number of halogens is 3. The second-order valence-corrected chi connectivity index (χ2v) is 10.7. The van der Waals surface area contributed by atoms with Crippen molar-refractivity contribution in [3.8, 4) is 5.69 Å². The lowest BCUT2D eigenvalue weighted by Gasteiger charge is -2.33. The Balaban J connectivity index is 1.30. The molecule has 5 nitrogen and oxygen atoms in total. The van der Waals surface area contributed by atoms with E-state index >= 15 is 0 Å². The van der Waals surface area contributed by atoms with Crippen LogP contribution in [0.15, 0.2) is 42.6 Å². The lowest BCUT2D eigenvalue weighted by atomic mass is 9.89. The highest BCUT2D eigenvalue weighted by molar-refractivity contribution is 6.42. The van der Waals surface area contributed by atoms with Gasteiger partial charge in [-0.3, -0.25) is 0 Å². The predicted molar refractivity (Wildman–Crippen MR) is 140 cm³/mol. The first kappa shape index (κ1) is 24.4. The predicted octanol–water partition coefficient (Wildman–Crippen LogP) is 6.40. The molecule has 0 aliphatic carbocycles. The van der Waals surface area contributed by atoms with Crippen molar-refractivity contribution in [2.45, 2.75) is 38.6 Å². The van der Waals surface area contributed by atoms with Gasteiger partial charge in [0.1, 0.15) is 5.82 Å². The van der Waals surface area contributed by atoms with Crippen molar-refractivity contribution in [1.29, 1.82) is 0 Å². The van der Waals surface area contributed by atoms with Crippen LogP contribution in [-0.4, -0.2) is 70.6 Å². The third-order valence-electron chi connectivity index (χ3n) is 7.45. The van der Waals surface area contributed by atoms with E-state index in [2.05, 4.69) is 29.5 Å². The van der Waals surface area contributed by atoms with Gasteiger partial charge < -0.3 is 19.3 Å². The van der Waals surface area contributed by atoms with Crippen LogP contribution in [0.3, 0.4) is 0 Å². The molecule has 0 N–H and O–H groups in total. The minimum absolute atomic E-state index is 0.166. The Morgan fingerprint density at radius 3 is 2.31 bits per heavy atom. The van der Waals surface area contributed by atoms with Crippen LogP contribution >= 0.6 is 23.2 Å². The summed E-state index contributed by atoms with van der Waals surface area (Å²) in [5, 5.41) is 2.15. The molecule has 0 saturated carbocycles. The number of amides is 2. The minimum atomic E-state index is -0.258. The molecule has 2 aliphatic heterocycles. The maximum atomic E-state index is 13.5. The Bertz CT molecular complexity index is 1220. The first-order valence-electron chi connectivity index (χ1n) is 12.4. The summed E-state index contributed by atoms with van der Waals surface area (Å²) < 4.78 is 15.6. The molecular formula is C27H31Cl2FN4O. The summed E-state index contributed by atoms with van der Waals surface area (Å²) >= 11 is 12.8. The van der Waals surface area contributed by atoms with Gasteiger partial charge in [-0.15, -0.1) is 0 Å². The largest absolute Gasteiger partial charge is 0.322 e. The Kier molecular flexibility index (Phi) is 6.97. The van der Waals surface area contributed by atoms with Crippen LogP contribution in [-0.2, 0) is 0 Å². The molecule has 0 bridgehead atoms. The number of carbonyl (C=O) groups excluding carboxylic acids is 1. The second kappa shape index (κ2) is 10.00. The van der Waals surface area contributed by atoms with Crippen molar-refractivity contribution < 1.29 is 9.18 Å². The number of benzene rings is 2. The number of nitrogens with zero attached hydrogens (tertiary/aromatic N) is 4. The van der Waals surface area contributed by atoms with Gasteiger partial charge in [0, 0.05) is 49.5 Å². The van der Waals surface area contributed by atoms with Crippen LogP contribution in [0.1, 0.15) is 38.2 Å². The van der Waals surface area contributed by atoms with Gasteiger partial charge in [-0.2, -0.15) is 0 Å². The fourth-order valence-electron chi connectivity index (χ4n) is 5.40. The quantitative estimate of drug-likeness (QED) is 0.379. The average Bonchev–Trinajstić information content (AvgIpc) is 3.39. The van der Waals surface area contributed by atoms with E-state index < -0.39 is 0 Å². The number of urea groups is 1. The summed E-state index contributed by atoms with van der Waals surface area (Å²) in [7, 11) is 0. The van der Waals surface area contributed by atoms with Gasteiger partial charge in [0.2, 0.25) is 0 Å². The van der Waals surface area contributed by atoms with Crippen molar-refractivity contribution in [2.24, 2.45) is 0 Å². The third-order valence-corrected chi connectivity index (χ3v) is 8.17. The second-order valence-electron chi connectivity index (χ2n) is 9.89. The highest BCUT2D eigenvalue weighted by Crippen LogP contribution is 2.39. The van der Waals surface area contributed by atoms with E-state index in [1.165, 1.54) is 17.7 Å². The number of aromatic nitrogens is 1. The van der Waals surface area contributed by atoms with Gasteiger partial charge in [0.25, 0.3) is 0 Å². The van der Waals surface area contributed by atoms with Crippen molar-refractivity contribution in [3.05, 3.63) is 64.0 Å². The van der Waals surface area contributed by atoms with Crippen LogP contribution < -0.4 is 0 Å². The van der Waals surface area contributed by atoms with E-state index in [1.807, 2.05) is 21.9 Å². The molecule has 2 saturated heterocycles. The molecule has 186 valence electrons. The first-order valence-corrected chi connectivity index (χ1v) is 13.1. The molecule has 1 aromatic heterocycles. The molecule has 0 radical (unpaired) electrons.